The van der Waals surface area contributed by atoms with Crippen molar-refractivity contribution < 1.29 is 32.2 Å². The molecule has 0 saturated carbocycles. The van der Waals surface area contributed by atoms with E-state index in [0.717, 1.165) is 0 Å². The lowest BCUT2D eigenvalue weighted by Crippen LogP contribution is -2.40. The van der Waals surface area contributed by atoms with Crippen LogP contribution in [-0.4, -0.2) is 64.6 Å². The van der Waals surface area contributed by atoms with Crippen molar-refractivity contribution >= 4 is 27.6 Å². The SMILES string of the molecule is CCOC(=O)CCC(=O)Nc1ccc(OC)c(S(=O)(=O)N2CCOCC2)c1. The van der Waals surface area contributed by atoms with Crippen molar-refractivity contribution in [1.29, 1.82) is 0 Å². The molecule has 1 aliphatic rings. The van der Waals surface area contributed by atoms with Crippen LogP contribution in [0.1, 0.15) is 19.8 Å². The Morgan fingerprint density at radius 3 is 2.56 bits per heavy atom. The number of hydrogen-bond donors (Lipinski definition) is 1. The molecule has 1 aromatic rings. The van der Waals surface area contributed by atoms with Gasteiger partial charge in [0.15, 0.2) is 0 Å². The fourth-order valence-corrected chi connectivity index (χ4v) is 4.14. The number of sulfonamides is 1. The fraction of sp³-hybridized carbons (Fsp3) is 0.529. The minimum atomic E-state index is -3.79. The Morgan fingerprint density at radius 2 is 1.93 bits per heavy atom. The average Bonchev–Trinajstić information content (AvgIpc) is 2.67. The van der Waals surface area contributed by atoms with Gasteiger partial charge in [0.1, 0.15) is 10.6 Å². The summed E-state index contributed by atoms with van der Waals surface area (Å²) in [4.78, 5) is 23.3. The summed E-state index contributed by atoms with van der Waals surface area (Å²) in [6, 6.07) is 4.37. The number of morpholine rings is 1. The Balaban J connectivity index is 2.14. The van der Waals surface area contributed by atoms with Gasteiger partial charge in [-0.15, -0.1) is 0 Å². The molecule has 27 heavy (non-hydrogen) atoms. The van der Waals surface area contributed by atoms with Crippen molar-refractivity contribution in [3.63, 3.8) is 0 Å². The van der Waals surface area contributed by atoms with Crippen LogP contribution in [0.4, 0.5) is 5.69 Å². The van der Waals surface area contributed by atoms with Gasteiger partial charge in [-0.05, 0) is 25.1 Å². The largest absolute Gasteiger partial charge is 0.495 e. The Bertz CT molecular complexity index is 773. The maximum Gasteiger partial charge on any atom is 0.306 e. The van der Waals surface area contributed by atoms with Crippen LogP contribution in [0.2, 0.25) is 0 Å². The molecule has 0 bridgehead atoms. The number of amides is 1. The van der Waals surface area contributed by atoms with Gasteiger partial charge in [-0.2, -0.15) is 4.31 Å². The van der Waals surface area contributed by atoms with E-state index in [-0.39, 0.29) is 43.2 Å². The summed E-state index contributed by atoms with van der Waals surface area (Å²) in [5, 5.41) is 2.60. The molecule has 1 heterocycles. The average molecular weight is 400 g/mol. The van der Waals surface area contributed by atoms with E-state index in [1.54, 1.807) is 13.0 Å². The Kier molecular flexibility index (Phi) is 7.57. The molecule has 1 saturated heterocycles. The Labute approximate surface area is 158 Å². The zero-order valence-corrected chi connectivity index (χ0v) is 16.2. The number of hydrogen-bond acceptors (Lipinski definition) is 7. The molecule has 0 aliphatic carbocycles. The third-order valence-corrected chi connectivity index (χ3v) is 5.82. The molecular weight excluding hydrogens is 376 g/mol. The number of rotatable bonds is 8. The first kappa shape index (κ1) is 21.1. The number of benzene rings is 1. The molecule has 1 aliphatic heterocycles. The first-order valence-corrected chi connectivity index (χ1v) is 10.0. The molecule has 9 nitrogen and oxygen atoms in total. The van der Waals surface area contributed by atoms with Gasteiger partial charge in [-0.1, -0.05) is 0 Å². The number of esters is 1. The quantitative estimate of drug-likeness (QED) is 0.648. The van der Waals surface area contributed by atoms with Gasteiger partial charge in [-0.25, -0.2) is 8.42 Å². The third kappa shape index (κ3) is 5.65. The number of anilines is 1. The molecule has 0 radical (unpaired) electrons. The van der Waals surface area contributed by atoms with E-state index in [4.69, 9.17) is 14.2 Å². The number of nitrogens with one attached hydrogen (secondary N) is 1. The van der Waals surface area contributed by atoms with Gasteiger partial charge in [0, 0.05) is 25.2 Å². The molecule has 1 fully saturated rings. The second kappa shape index (κ2) is 9.67. The number of ether oxygens (including phenoxy) is 3. The van der Waals surface area contributed by atoms with Gasteiger partial charge in [0.2, 0.25) is 15.9 Å². The van der Waals surface area contributed by atoms with Gasteiger partial charge >= 0.3 is 5.97 Å². The zero-order valence-electron chi connectivity index (χ0n) is 15.4. The van der Waals surface area contributed by atoms with Crippen molar-refractivity contribution in [1.82, 2.24) is 4.31 Å². The summed E-state index contributed by atoms with van der Waals surface area (Å²) >= 11 is 0. The van der Waals surface area contributed by atoms with E-state index in [2.05, 4.69) is 5.32 Å². The van der Waals surface area contributed by atoms with E-state index >= 15 is 0 Å². The van der Waals surface area contributed by atoms with Crippen molar-refractivity contribution in [3.8, 4) is 5.75 Å². The van der Waals surface area contributed by atoms with Crippen LogP contribution in [-0.2, 0) is 29.1 Å². The summed E-state index contributed by atoms with van der Waals surface area (Å²) in [7, 11) is -2.41. The highest BCUT2D eigenvalue weighted by molar-refractivity contribution is 7.89. The highest BCUT2D eigenvalue weighted by Crippen LogP contribution is 2.30. The maximum absolute atomic E-state index is 12.9. The van der Waals surface area contributed by atoms with E-state index in [1.165, 1.54) is 23.5 Å². The molecule has 1 amide bonds. The highest BCUT2D eigenvalue weighted by Gasteiger charge is 2.29. The van der Waals surface area contributed by atoms with E-state index in [0.29, 0.717) is 18.9 Å². The van der Waals surface area contributed by atoms with Gasteiger partial charge in [0.25, 0.3) is 0 Å². The standard InChI is InChI=1S/C17H24N2O7S/c1-3-26-17(21)7-6-16(20)18-13-4-5-14(24-2)15(12-13)27(22,23)19-8-10-25-11-9-19/h4-5,12H,3,6-11H2,1-2H3,(H,18,20). The summed E-state index contributed by atoms with van der Waals surface area (Å²) in [5.74, 6) is -0.688. The summed E-state index contributed by atoms with van der Waals surface area (Å²) in [5.41, 5.74) is 0.302. The molecule has 150 valence electrons. The predicted octanol–water partition coefficient (Wildman–Crippen LogP) is 0.998. The molecule has 0 unspecified atom stereocenters. The number of carbonyl (C=O) groups excluding carboxylic acids is 2. The zero-order chi connectivity index (χ0) is 19.9. The number of nitrogens with zero attached hydrogens (tertiary/aromatic N) is 1. The first-order valence-electron chi connectivity index (χ1n) is 8.60. The third-order valence-electron chi connectivity index (χ3n) is 3.90. The molecule has 10 heteroatoms. The summed E-state index contributed by atoms with van der Waals surface area (Å²) in [6.45, 7) is 3.09. The second-order valence-electron chi connectivity index (χ2n) is 5.74. The molecule has 1 aromatic carbocycles. The smallest absolute Gasteiger partial charge is 0.306 e. The summed E-state index contributed by atoms with van der Waals surface area (Å²) in [6.07, 6.45) is -0.106. The second-order valence-corrected chi connectivity index (χ2v) is 7.64. The van der Waals surface area contributed by atoms with Crippen LogP contribution in [0.3, 0.4) is 0 Å². The monoisotopic (exact) mass is 400 g/mol. The Morgan fingerprint density at radius 1 is 1.22 bits per heavy atom. The normalized spacial score (nSPS) is 15.2. The molecule has 0 aromatic heterocycles. The van der Waals surface area contributed by atoms with E-state index < -0.39 is 21.9 Å². The lowest BCUT2D eigenvalue weighted by atomic mass is 10.2. The maximum atomic E-state index is 12.9. The molecule has 1 N–H and O–H groups in total. The molecule has 2 rings (SSSR count). The van der Waals surface area contributed by atoms with Gasteiger partial charge in [0.05, 0.1) is 33.4 Å². The Hall–Kier alpha value is -2.17. The van der Waals surface area contributed by atoms with Crippen LogP contribution < -0.4 is 10.1 Å². The minimum Gasteiger partial charge on any atom is -0.495 e. The van der Waals surface area contributed by atoms with Crippen LogP contribution >= 0.6 is 0 Å². The van der Waals surface area contributed by atoms with Crippen molar-refractivity contribution in [2.24, 2.45) is 0 Å². The van der Waals surface area contributed by atoms with Crippen molar-refractivity contribution in [2.45, 2.75) is 24.7 Å². The van der Waals surface area contributed by atoms with Crippen LogP contribution in [0, 0.1) is 0 Å². The highest BCUT2D eigenvalue weighted by atomic mass is 32.2. The van der Waals surface area contributed by atoms with Gasteiger partial charge in [-0.3, -0.25) is 9.59 Å². The van der Waals surface area contributed by atoms with Crippen LogP contribution in [0.25, 0.3) is 0 Å². The van der Waals surface area contributed by atoms with Crippen LogP contribution in [0.5, 0.6) is 5.75 Å². The fourth-order valence-electron chi connectivity index (χ4n) is 2.55. The lowest BCUT2D eigenvalue weighted by molar-refractivity contribution is -0.144. The lowest BCUT2D eigenvalue weighted by Gasteiger charge is -2.26. The summed E-state index contributed by atoms with van der Waals surface area (Å²) < 4.78 is 42.3. The minimum absolute atomic E-state index is 0.0323. The van der Waals surface area contributed by atoms with Crippen LogP contribution in [0.15, 0.2) is 23.1 Å². The van der Waals surface area contributed by atoms with Gasteiger partial charge < -0.3 is 19.5 Å². The first-order chi connectivity index (χ1) is 12.9. The van der Waals surface area contributed by atoms with Crippen molar-refractivity contribution in [2.75, 3.05) is 45.3 Å². The molecule has 0 atom stereocenters. The van der Waals surface area contributed by atoms with E-state index in [9.17, 15) is 18.0 Å². The topological polar surface area (TPSA) is 111 Å². The van der Waals surface area contributed by atoms with E-state index in [1.807, 2.05) is 0 Å². The molecule has 0 spiro atoms. The van der Waals surface area contributed by atoms with Crippen molar-refractivity contribution in [3.05, 3.63) is 18.2 Å². The molecular formula is C17H24N2O7S. The number of methoxy groups -OCH3 is 1. The predicted molar refractivity (Wildman–Crippen MR) is 97.1 cm³/mol. The number of carbonyl (C=O) groups is 2.